The number of carboxylic acid groups (broad SMARTS) is 1. The van der Waals surface area contributed by atoms with Crippen LogP contribution in [-0.2, 0) is 11.8 Å². The van der Waals surface area contributed by atoms with E-state index in [1.165, 1.54) is 0 Å². The number of imidazole rings is 1. The number of ether oxygens (including phenoxy) is 1. The smallest absolute Gasteiger partial charge is 0.335 e. The molecule has 0 radical (unpaired) electrons. The third-order valence-corrected chi connectivity index (χ3v) is 3.38. The third kappa shape index (κ3) is 1.67. The lowest BCUT2D eigenvalue weighted by Gasteiger charge is -2.08. The van der Waals surface area contributed by atoms with Crippen LogP contribution in [-0.4, -0.2) is 27.2 Å². The molecule has 1 aliphatic rings. The molecule has 5 nitrogen and oxygen atoms in total. The van der Waals surface area contributed by atoms with Gasteiger partial charge in [0.05, 0.1) is 16.6 Å². The summed E-state index contributed by atoms with van der Waals surface area (Å²) in [4.78, 5) is 15.4. The zero-order valence-electron chi connectivity index (χ0n) is 10.1. The predicted octanol–water partition coefficient (Wildman–Crippen LogP) is 2.12. The molecule has 1 aromatic carbocycles. The van der Waals surface area contributed by atoms with Crippen LogP contribution >= 0.6 is 0 Å². The standard InChI is InChI=1S/C13H14N2O3/c1-15-10-5-4-8(13(16)17)7-9(10)14-12(15)11-3-2-6-18-11/h4-5,7,11H,2-3,6H2,1H3,(H,16,17). The van der Waals surface area contributed by atoms with Gasteiger partial charge in [0.25, 0.3) is 0 Å². The number of carboxylic acids is 1. The minimum atomic E-state index is -0.929. The zero-order valence-corrected chi connectivity index (χ0v) is 10.1. The van der Waals surface area contributed by atoms with Crippen molar-refractivity contribution in [3.8, 4) is 0 Å². The van der Waals surface area contributed by atoms with Crippen molar-refractivity contribution < 1.29 is 14.6 Å². The molecular formula is C13H14N2O3. The first-order valence-corrected chi connectivity index (χ1v) is 5.98. The van der Waals surface area contributed by atoms with Crippen molar-refractivity contribution >= 4 is 17.0 Å². The summed E-state index contributed by atoms with van der Waals surface area (Å²) in [6.07, 6.45) is 2.06. The Kier molecular flexibility index (Phi) is 2.56. The summed E-state index contributed by atoms with van der Waals surface area (Å²) in [5.41, 5.74) is 1.91. The largest absolute Gasteiger partial charge is 0.478 e. The van der Waals surface area contributed by atoms with Gasteiger partial charge in [0.15, 0.2) is 0 Å². The number of aromatic nitrogens is 2. The number of hydrogen-bond donors (Lipinski definition) is 1. The summed E-state index contributed by atoms with van der Waals surface area (Å²) >= 11 is 0. The second-order valence-electron chi connectivity index (χ2n) is 4.54. The van der Waals surface area contributed by atoms with Crippen LogP contribution in [0, 0.1) is 0 Å². The SMILES string of the molecule is Cn1c(C2CCCO2)nc2cc(C(=O)O)ccc21. The van der Waals surface area contributed by atoms with Crippen LogP contribution in [0.4, 0.5) is 0 Å². The van der Waals surface area contributed by atoms with Gasteiger partial charge in [0.2, 0.25) is 0 Å². The van der Waals surface area contributed by atoms with E-state index < -0.39 is 5.97 Å². The van der Waals surface area contributed by atoms with E-state index in [2.05, 4.69) is 4.98 Å². The van der Waals surface area contributed by atoms with E-state index >= 15 is 0 Å². The zero-order chi connectivity index (χ0) is 12.7. The fourth-order valence-corrected chi connectivity index (χ4v) is 2.42. The quantitative estimate of drug-likeness (QED) is 0.881. The fourth-order valence-electron chi connectivity index (χ4n) is 2.42. The summed E-state index contributed by atoms with van der Waals surface area (Å²) in [5, 5.41) is 8.97. The second kappa shape index (κ2) is 4.10. The Morgan fingerprint density at radius 3 is 3.06 bits per heavy atom. The van der Waals surface area contributed by atoms with Crippen LogP contribution in [0.1, 0.15) is 35.1 Å². The minimum absolute atomic E-state index is 0.0377. The molecule has 18 heavy (non-hydrogen) atoms. The molecule has 94 valence electrons. The number of fused-ring (bicyclic) bond motifs is 1. The molecule has 1 aromatic heterocycles. The second-order valence-corrected chi connectivity index (χ2v) is 4.54. The highest BCUT2D eigenvalue weighted by Gasteiger charge is 2.23. The molecule has 5 heteroatoms. The molecule has 1 N–H and O–H groups in total. The number of benzene rings is 1. The Labute approximate surface area is 104 Å². The molecule has 0 amide bonds. The molecule has 1 atom stereocenters. The van der Waals surface area contributed by atoms with E-state index in [4.69, 9.17) is 9.84 Å². The maximum absolute atomic E-state index is 10.9. The number of hydrogen-bond acceptors (Lipinski definition) is 3. The van der Waals surface area contributed by atoms with Crippen molar-refractivity contribution in [3.05, 3.63) is 29.6 Å². The summed E-state index contributed by atoms with van der Waals surface area (Å²) < 4.78 is 7.61. The minimum Gasteiger partial charge on any atom is -0.478 e. The molecule has 0 saturated carbocycles. The van der Waals surface area contributed by atoms with Gasteiger partial charge in [-0.15, -0.1) is 0 Å². The molecule has 2 aromatic rings. The van der Waals surface area contributed by atoms with Crippen molar-refractivity contribution in [3.63, 3.8) is 0 Å². The maximum atomic E-state index is 10.9. The van der Waals surface area contributed by atoms with Crippen LogP contribution in [0.3, 0.4) is 0 Å². The molecule has 1 aliphatic heterocycles. The Morgan fingerprint density at radius 2 is 2.39 bits per heavy atom. The molecule has 0 bridgehead atoms. The summed E-state index contributed by atoms with van der Waals surface area (Å²) in [6.45, 7) is 0.772. The number of carbonyl (C=O) groups is 1. The van der Waals surface area contributed by atoms with Crippen LogP contribution in [0.2, 0.25) is 0 Å². The molecular weight excluding hydrogens is 232 g/mol. The molecule has 3 rings (SSSR count). The van der Waals surface area contributed by atoms with Crippen LogP contribution in [0.5, 0.6) is 0 Å². The van der Waals surface area contributed by atoms with Crippen LogP contribution in [0.15, 0.2) is 18.2 Å². The number of aryl methyl sites for hydroxylation is 1. The van der Waals surface area contributed by atoms with Gasteiger partial charge in [-0.2, -0.15) is 0 Å². The molecule has 1 unspecified atom stereocenters. The molecule has 1 fully saturated rings. The van der Waals surface area contributed by atoms with Gasteiger partial charge in [-0.25, -0.2) is 9.78 Å². The Morgan fingerprint density at radius 1 is 1.56 bits per heavy atom. The van der Waals surface area contributed by atoms with Crippen molar-refractivity contribution in [1.82, 2.24) is 9.55 Å². The van der Waals surface area contributed by atoms with E-state index in [0.29, 0.717) is 5.52 Å². The van der Waals surface area contributed by atoms with Crippen molar-refractivity contribution in [2.24, 2.45) is 7.05 Å². The molecule has 0 aliphatic carbocycles. The normalized spacial score (nSPS) is 19.5. The first-order valence-electron chi connectivity index (χ1n) is 5.98. The molecule has 0 spiro atoms. The van der Waals surface area contributed by atoms with Crippen LogP contribution < -0.4 is 0 Å². The van der Waals surface area contributed by atoms with E-state index in [0.717, 1.165) is 30.8 Å². The Bertz CT molecular complexity index is 612. The summed E-state index contributed by atoms with van der Waals surface area (Å²) in [6, 6.07) is 5.01. The fraction of sp³-hybridized carbons (Fsp3) is 0.385. The van der Waals surface area contributed by atoms with Gasteiger partial charge in [-0.05, 0) is 31.0 Å². The maximum Gasteiger partial charge on any atom is 0.335 e. The molecule has 2 heterocycles. The van der Waals surface area contributed by atoms with Crippen molar-refractivity contribution in [2.45, 2.75) is 18.9 Å². The highest BCUT2D eigenvalue weighted by Crippen LogP contribution is 2.30. The van der Waals surface area contributed by atoms with Gasteiger partial charge in [-0.3, -0.25) is 0 Å². The van der Waals surface area contributed by atoms with E-state index in [1.54, 1.807) is 18.2 Å². The molecule has 1 saturated heterocycles. The topological polar surface area (TPSA) is 64.4 Å². The average molecular weight is 246 g/mol. The van der Waals surface area contributed by atoms with Crippen molar-refractivity contribution in [2.75, 3.05) is 6.61 Å². The van der Waals surface area contributed by atoms with Gasteiger partial charge < -0.3 is 14.4 Å². The highest BCUT2D eigenvalue weighted by atomic mass is 16.5. The highest BCUT2D eigenvalue weighted by molar-refractivity contribution is 5.92. The van der Waals surface area contributed by atoms with Gasteiger partial charge in [0, 0.05) is 13.7 Å². The number of nitrogens with zero attached hydrogens (tertiary/aromatic N) is 2. The lowest BCUT2D eigenvalue weighted by Crippen LogP contribution is -2.04. The van der Waals surface area contributed by atoms with Crippen molar-refractivity contribution in [1.29, 1.82) is 0 Å². The van der Waals surface area contributed by atoms with Gasteiger partial charge >= 0.3 is 5.97 Å². The Hall–Kier alpha value is -1.88. The average Bonchev–Trinajstić information content (AvgIpc) is 2.97. The predicted molar refractivity (Wildman–Crippen MR) is 65.6 cm³/mol. The summed E-state index contributed by atoms with van der Waals surface area (Å²) in [5.74, 6) is -0.0498. The lowest BCUT2D eigenvalue weighted by atomic mass is 10.2. The Balaban J connectivity index is 2.11. The van der Waals surface area contributed by atoms with E-state index in [1.807, 2.05) is 11.6 Å². The third-order valence-electron chi connectivity index (χ3n) is 3.38. The number of rotatable bonds is 2. The summed E-state index contributed by atoms with van der Waals surface area (Å²) in [7, 11) is 1.94. The lowest BCUT2D eigenvalue weighted by molar-refractivity contribution is 0.0697. The first kappa shape index (κ1) is 11.2. The van der Waals surface area contributed by atoms with Gasteiger partial charge in [-0.1, -0.05) is 0 Å². The van der Waals surface area contributed by atoms with Crippen LogP contribution in [0.25, 0.3) is 11.0 Å². The van der Waals surface area contributed by atoms with E-state index in [-0.39, 0.29) is 11.7 Å². The number of aromatic carboxylic acids is 1. The van der Waals surface area contributed by atoms with Gasteiger partial charge in [0.1, 0.15) is 11.9 Å². The van der Waals surface area contributed by atoms with E-state index in [9.17, 15) is 4.79 Å². The first-order chi connectivity index (χ1) is 8.66. The monoisotopic (exact) mass is 246 g/mol.